The fourth-order valence-corrected chi connectivity index (χ4v) is 3.95. The highest BCUT2D eigenvalue weighted by Crippen LogP contribution is 2.26. The molecule has 0 fully saturated rings. The lowest BCUT2D eigenvalue weighted by Crippen LogP contribution is -2.39. The molecule has 8 heteroatoms. The van der Waals surface area contributed by atoms with Gasteiger partial charge in [-0.15, -0.1) is 11.8 Å². The largest absolute Gasteiger partial charge is 0.494 e. The third-order valence-corrected chi connectivity index (χ3v) is 6.01. The Hall–Kier alpha value is -2.77. The first-order valence-electron chi connectivity index (χ1n) is 9.36. The van der Waals surface area contributed by atoms with Crippen molar-refractivity contribution in [2.24, 2.45) is 19.1 Å². The summed E-state index contributed by atoms with van der Waals surface area (Å²) in [5, 5.41) is 11.6. The molecule has 3 aromatic rings. The number of halogens is 1. The Bertz CT molecular complexity index is 1200. The molecule has 0 unspecified atom stereocenters. The number of hydrogen-bond acceptors (Lipinski definition) is 5. The van der Waals surface area contributed by atoms with Gasteiger partial charge in [0, 0.05) is 24.9 Å². The van der Waals surface area contributed by atoms with Gasteiger partial charge in [0.25, 0.3) is 5.56 Å². The molecular weight excluding hydrogens is 422 g/mol. The minimum atomic E-state index is -0.601. The topological polar surface area (TPSA) is 76.6 Å². The second-order valence-corrected chi connectivity index (χ2v) is 8.16. The maximum atomic E-state index is 12.8. The summed E-state index contributed by atoms with van der Waals surface area (Å²) in [4.78, 5) is 29.6. The summed E-state index contributed by atoms with van der Waals surface area (Å²) in [5.74, 6) is 0.102. The summed E-state index contributed by atoms with van der Waals surface area (Å²) in [6, 6.07) is 15.0. The van der Waals surface area contributed by atoms with Crippen LogP contribution in [0, 0.1) is 0 Å². The summed E-state index contributed by atoms with van der Waals surface area (Å²) in [7, 11) is 2.79. The molecule has 0 spiro atoms. The van der Waals surface area contributed by atoms with Crippen LogP contribution >= 0.6 is 23.4 Å². The number of aliphatic imine (C=N–C) groups is 1. The SMILES string of the molecule is CCc1ccc(N=C(SCc2ccc(Cl)cc2)c2c(O)n(C)c(=O)n(C)c2=O)cc1. The Morgan fingerprint density at radius 2 is 1.60 bits per heavy atom. The molecule has 1 N–H and O–H groups in total. The predicted molar refractivity (Wildman–Crippen MR) is 123 cm³/mol. The standard InChI is InChI=1S/C22H22ClN3O3S/c1-4-14-7-11-17(12-8-14)24-19(30-13-15-5-9-16(23)10-6-15)18-20(27)25(2)22(29)26(3)21(18)28/h5-12,27H,4,13H2,1-3H3. The van der Waals surface area contributed by atoms with Gasteiger partial charge in [-0.3, -0.25) is 13.9 Å². The van der Waals surface area contributed by atoms with Crippen LogP contribution in [-0.4, -0.2) is 19.3 Å². The van der Waals surface area contributed by atoms with Crippen LogP contribution in [0.1, 0.15) is 23.6 Å². The lowest BCUT2D eigenvalue weighted by atomic mass is 10.1. The van der Waals surface area contributed by atoms with Gasteiger partial charge in [0.1, 0.15) is 10.6 Å². The number of aromatic nitrogens is 2. The van der Waals surface area contributed by atoms with E-state index in [1.165, 1.54) is 31.4 Å². The van der Waals surface area contributed by atoms with Crippen LogP contribution in [0.2, 0.25) is 5.02 Å². The van der Waals surface area contributed by atoms with E-state index < -0.39 is 17.1 Å². The monoisotopic (exact) mass is 443 g/mol. The summed E-state index contributed by atoms with van der Waals surface area (Å²) in [6.45, 7) is 2.07. The first-order chi connectivity index (χ1) is 14.3. The second-order valence-electron chi connectivity index (χ2n) is 6.76. The lowest BCUT2D eigenvalue weighted by molar-refractivity contribution is 0.410. The summed E-state index contributed by atoms with van der Waals surface area (Å²) in [6.07, 6.45) is 0.907. The molecule has 156 valence electrons. The fraction of sp³-hybridized carbons (Fsp3) is 0.227. The quantitative estimate of drug-likeness (QED) is 0.477. The minimum absolute atomic E-state index is 0.00173. The highest BCUT2D eigenvalue weighted by Gasteiger charge is 2.21. The Morgan fingerprint density at radius 3 is 2.20 bits per heavy atom. The van der Waals surface area contributed by atoms with Gasteiger partial charge >= 0.3 is 5.69 Å². The van der Waals surface area contributed by atoms with Crippen molar-refractivity contribution in [3.63, 3.8) is 0 Å². The molecule has 0 saturated carbocycles. The smallest absolute Gasteiger partial charge is 0.333 e. The van der Waals surface area contributed by atoms with Crippen molar-refractivity contribution >= 4 is 34.1 Å². The molecule has 0 saturated heterocycles. The molecule has 0 aliphatic heterocycles. The van der Waals surface area contributed by atoms with Crippen molar-refractivity contribution in [2.75, 3.05) is 0 Å². The number of hydrogen-bond donors (Lipinski definition) is 1. The number of nitrogens with zero attached hydrogens (tertiary/aromatic N) is 3. The van der Waals surface area contributed by atoms with Gasteiger partial charge in [-0.05, 0) is 41.8 Å². The zero-order valence-electron chi connectivity index (χ0n) is 16.9. The molecule has 30 heavy (non-hydrogen) atoms. The Kier molecular flexibility index (Phi) is 6.84. The van der Waals surface area contributed by atoms with Gasteiger partial charge in [0.15, 0.2) is 0 Å². The molecule has 3 rings (SSSR count). The van der Waals surface area contributed by atoms with Gasteiger partial charge < -0.3 is 5.11 Å². The van der Waals surface area contributed by atoms with Crippen LogP contribution in [0.4, 0.5) is 5.69 Å². The normalized spacial score (nSPS) is 11.7. The summed E-state index contributed by atoms with van der Waals surface area (Å²) < 4.78 is 2.00. The van der Waals surface area contributed by atoms with Gasteiger partial charge in [-0.1, -0.05) is 42.8 Å². The van der Waals surface area contributed by atoms with Gasteiger partial charge in [-0.2, -0.15) is 0 Å². The van der Waals surface area contributed by atoms with Crippen molar-refractivity contribution in [2.45, 2.75) is 19.1 Å². The Labute approximate surface area is 183 Å². The second kappa shape index (κ2) is 9.36. The van der Waals surface area contributed by atoms with Gasteiger partial charge in [0.2, 0.25) is 5.88 Å². The molecule has 0 atom stereocenters. The van der Waals surface area contributed by atoms with Crippen molar-refractivity contribution in [3.8, 4) is 5.88 Å². The molecule has 0 aliphatic carbocycles. The molecule has 2 aromatic carbocycles. The molecule has 6 nitrogen and oxygen atoms in total. The first-order valence-corrected chi connectivity index (χ1v) is 10.7. The van der Waals surface area contributed by atoms with Crippen LogP contribution in [-0.2, 0) is 26.3 Å². The molecule has 1 aromatic heterocycles. The minimum Gasteiger partial charge on any atom is -0.494 e. The van der Waals surface area contributed by atoms with E-state index >= 15 is 0 Å². The molecular formula is C22H22ClN3O3S. The van der Waals surface area contributed by atoms with Crippen molar-refractivity contribution < 1.29 is 5.11 Å². The number of rotatable bonds is 5. The predicted octanol–water partition coefficient (Wildman–Crippen LogP) is 4.02. The van der Waals surface area contributed by atoms with E-state index in [9.17, 15) is 14.7 Å². The van der Waals surface area contributed by atoms with Crippen molar-refractivity contribution in [1.82, 2.24) is 9.13 Å². The van der Waals surface area contributed by atoms with E-state index in [0.29, 0.717) is 21.5 Å². The molecule has 0 radical (unpaired) electrons. The average molecular weight is 444 g/mol. The zero-order valence-corrected chi connectivity index (χ0v) is 18.5. The van der Waals surface area contributed by atoms with Crippen molar-refractivity contribution in [3.05, 3.63) is 91.1 Å². The fourth-order valence-electron chi connectivity index (χ4n) is 2.84. The number of thioether (sulfide) groups is 1. The molecule has 0 bridgehead atoms. The summed E-state index contributed by atoms with van der Waals surface area (Å²) >= 11 is 7.26. The average Bonchev–Trinajstić information content (AvgIpc) is 2.76. The van der Waals surface area contributed by atoms with Crippen LogP contribution in [0.25, 0.3) is 0 Å². The zero-order chi connectivity index (χ0) is 21.8. The van der Waals surface area contributed by atoms with Crippen LogP contribution < -0.4 is 11.2 Å². The Morgan fingerprint density at radius 1 is 1.00 bits per heavy atom. The highest BCUT2D eigenvalue weighted by molar-refractivity contribution is 8.13. The highest BCUT2D eigenvalue weighted by atomic mass is 35.5. The summed E-state index contributed by atoms with van der Waals surface area (Å²) in [5.41, 5.74) is 1.61. The van der Waals surface area contributed by atoms with E-state index in [2.05, 4.69) is 11.9 Å². The molecule has 0 aliphatic rings. The van der Waals surface area contributed by atoms with E-state index in [4.69, 9.17) is 11.6 Å². The van der Waals surface area contributed by atoms with E-state index in [0.717, 1.165) is 21.1 Å². The van der Waals surface area contributed by atoms with Crippen LogP contribution in [0.5, 0.6) is 5.88 Å². The van der Waals surface area contributed by atoms with E-state index in [1.807, 2.05) is 36.4 Å². The maximum Gasteiger partial charge on any atom is 0.333 e. The van der Waals surface area contributed by atoms with Crippen LogP contribution in [0.3, 0.4) is 0 Å². The third-order valence-electron chi connectivity index (χ3n) is 4.71. The van der Waals surface area contributed by atoms with Crippen molar-refractivity contribution in [1.29, 1.82) is 0 Å². The van der Waals surface area contributed by atoms with Crippen LogP contribution in [0.15, 0.2) is 63.1 Å². The first kappa shape index (κ1) is 21.9. The molecule has 0 amide bonds. The number of benzene rings is 2. The van der Waals surface area contributed by atoms with E-state index in [-0.39, 0.29) is 5.56 Å². The Balaban J connectivity index is 2.09. The third kappa shape index (κ3) is 4.68. The maximum absolute atomic E-state index is 12.8. The number of aryl methyl sites for hydroxylation is 1. The van der Waals surface area contributed by atoms with Gasteiger partial charge in [0.05, 0.1) is 5.69 Å². The molecule has 1 heterocycles. The lowest BCUT2D eigenvalue weighted by Gasteiger charge is -2.12. The van der Waals surface area contributed by atoms with E-state index in [1.54, 1.807) is 12.1 Å². The number of aromatic hydroxyl groups is 1. The van der Waals surface area contributed by atoms with Gasteiger partial charge in [-0.25, -0.2) is 9.79 Å².